The van der Waals surface area contributed by atoms with Crippen LogP contribution < -0.4 is 4.74 Å². The standard InChI is InChI=1S/C11H13BrO/c1-8-6-9-4-2-3-5-13-11(9)10(12)7-8/h6-7H,2-5H2,1H3. The maximum Gasteiger partial charge on any atom is 0.136 e. The molecule has 0 amide bonds. The van der Waals surface area contributed by atoms with Crippen molar-refractivity contribution in [2.24, 2.45) is 0 Å². The first-order valence-electron chi connectivity index (χ1n) is 4.69. The van der Waals surface area contributed by atoms with Crippen molar-refractivity contribution >= 4 is 15.9 Å². The Bertz CT molecular complexity index is 320. The highest BCUT2D eigenvalue weighted by molar-refractivity contribution is 9.10. The number of aryl methyl sites for hydroxylation is 2. The molecule has 1 aliphatic heterocycles. The van der Waals surface area contributed by atoms with E-state index >= 15 is 0 Å². The second-order valence-corrected chi connectivity index (χ2v) is 4.39. The minimum absolute atomic E-state index is 0.856. The molecule has 70 valence electrons. The first-order valence-corrected chi connectivity index (χ1v) is 5.48. The van der Waals surface area contributed by atoms with E-state index in [-0.39, 0.29) is 0 Å². The predicted octanol–water partition coefficient (Wildman–Crippen LogP) is 3.47. The number of halogens is 1. The summed E-state index contributed by atoms with van der Waals surface area (Å²) in [4.78, 5) is 0. The third-order valence-electron chi connectivity index (χ3n) is 2.35. The molecule has 0 bridgehead atoms. The van der Waals surface area contributed by atoms with E-state index in [2.05, 4.69) is 35.0 Å². The highest BCUT2D eigenvalue weighted by Gasteiger charge is 2.12. The first-order chi connectivity index (χ1) is 6.27. The Morgan fingerprint density at radius 2 is 2.15 bits per heavy atom. The summed E-state index contributed by atoms with van der Waals surface area (Å²) in [5.41, 5.74) is 2.65. The molecule has 0 saturated carbocycles. The molecule has 0 spiro atoms. The van der Waals surface area contributed by atoms with Gasteiger partial charge >= 0.3 is 0 Å². The van der Waals surface area contributed by atoms with Crippen LogP contribution >= 0.6 is 15.9 Å². The summed E-state index contributed by atoms with van der Waals surface area (Å²) in [7, 11) is 0. The molecule has 0 aromatic heterocycles. The van der Waals surface area contributed by atoms with Gasteiger partial charge in [-0.2, -0.15) is 0 Å². The van der Waals surface area contributed by atoms with E-state index in [9.17, 15) is 0 Å². The van der Waals surface area contributed by atoms with E-state index in [0.717, 1.165) is 23.2 Å². The molecule has 1 nitrogen and oxygen atoms in total. The lowest BCUT2D eigenvalue weighted by Gasteiger charge is -2.09. The van der Waals surface area contributed by atoms with Gasteiger partial charge in [-0.1, -0.05) is 6.07 Å². The number of fused-ring (bicyclic) bond motifs is 1. The monoisotopic (exact) mass is 240 g/mol. The lowest BCUT2D eigenvalue weighted by molar-refractivity contribution is 0.315. The van der Waals surface area contributed by atoms with E-state index < -0.39 is 0 Å². The summed E-state index contributed by atoms with van der Waals surface area (Å²) in [6.07, 6.45) is 3.55. The summed E-state index contributed by atoms with van der Waals surface area (Å²) in [5.74, 6) is 1.06. The summed E-state index contributed by atoms with van der Waals surface area (Å²) in [6.45, 7) is 2.98. The SMILES string of the molecule is Cc1cc(Br)c2c(c1)CCCCO2. The van der Waals surface area contributed by atoms with Gasteiger partial charge in [-0.25, -0.2) is 0 Å². The quantitative estimate of drug-likeness (QED) is 0.675. The van der Waals surface area contributed by atoms with Crippen LogP contribution in [0.5, 0.6) is 5.75 Å². The minimum atomic E-state index is 0.856. The zero-order valence-electron chi connectivity index (χ0n) is 7.77. The van der Waals surface area contributed by atoms with Crippen molar-refractivity contribution in [3.8, 4) is 5.75 Å². The van der Waals surface area contributed by atoms with Gasteiger partial charge in [0.2, 0.25) is 0 Å². The lowest BCUT2D eigenvalue weighted by Crippen LogP contribution is -1.96. The van der Waals surface area contributed by atoms with Gasteiger partial charge in [0.25, 0.3) is 0 Å². The normalized spacial score (nSPS) is 15.8. The number of hydrogen-bond acceptors (Lipinski definition) is 1. The molecule has 0 atom stereocenters. The van der Waals surface area contributed by atoms with Crippen molar-refractivity contribution in [3.05, 3.63) is 27.7 Å². The summed E-state index contributed by atoms with van der Waals surface area (Å²) in [6, 6.07) is 4.34. The molecule has 1 aromatic rings. The maximum atomic E-state index is 5.69. The molecule has 2 heteroatoms. The minimum Gasteiger partial charge on any atom is -0.492 e. The third kappa shape index (κ3) is 1.88. The zero-order valence-corrected chi connectivity index (χ0v) is 9.36. The maximum absolute atomic E-state index is 5.69. The lowest BCUT2D eigenvalue weighted by atomic mass is 10.1. The molecule has 13 heavy (non-hydrogen) atoms. The number of rotatable bonds is 0. The van der Waals surface area contributed by atoms with E-state index in [0.29, 0.717) is 0 Å². The van der Waals surface area contributed by atoms with E-state index in [1.807, 2.05) is 0 Å². The van der Waals surface area contributed by atoms with Gasteiger partial charge in [-0.3, -0.25) is 0 Å². The van der Waals surface area contributed by atoms with Crippen molar-refractivity contribution in [1.29, 1.82) is 0 Å². The predicted molar refractivity (Wildman–Crippen MR) is 57.3 cm³/mol. The van der Waals surface area contributed by atoms with Crippen LogP contribution in [0.25, 0.3) is 0 Å². The van der Waals surface area contributed by atoms with Gasteiger partial charge < -0.3 is 4.74 Å². The van der Waals surface area contributed by atoms with Crippen LogP contribution in [0.15, 0.2) is 16.6 Å². The summed E-state index contributed by atoms with van der Waals surface area (Å²) < 4.78 is 6.79. The molecule has 1 aliphatic rings. The Balaban J connectivity index is 2.47. The molecule has 0 radical (unpaired) electrons. The van der Waals surface area contributed by atoms with Gasteiger partial charge in [-0.15, -0.1) is 0 Å². The van der Waals surface area contributed by atoms with Crippen LogP contribution in [0.3, 0.4) is 0 Å². The molecule has 2 rings (SSSR count). The average molecular weight is 241 g/mol. The Morgan fingerprint density at radius 3 is 3.00 bits per heavy atom. The van der Waals surface area contributed by atoms with Crippen molar-refractivity contribution in [1.82, 2.24) is 0 Å². The largest absolute Gasteiger partial charge is 0.492 e. The van der Waals surface area contributed by atoms with Crippen LogP contribution in [-0.2, 0) is 6.42 Å². The fraction of sp³-hybridized carbons (Fsp3) is 0.455. The molecular weight excluding hydrogens is 228 g/mol. The molecular formula is C11H13BrO. The topological polar surface area (TPSA) is 9.23 Å². The highest BCUT2D eigenvalue weighted by atomic mass is 79.9. The van der Waals surface area contributed by atoms with Crippen LogP contribution in [0.4, 0.5) is 0 Å². The van der Waals surface area contributed by atoms with Gasteiger partial charge in [0.05, 0.1) is 11.1 Å². The molecule has 1 aromatic carbocycles. The van der Waals surface area contributed by atoms with Gasteiger partial charge in [0.15, 0.2) is 0 Å². The van der Waals surface area contributed by atoms with E-state index in [1.165, 1.54) is 24.0 Å². The van der Waals surface area contributed by atoms with Crippen LogP contribution in [0, 0.1) is 6.92 Å². The van der Waals surface area contributed by atoms with E-state index in [4.69, 9.17) is 4.74 Å². The highest BCUT2D eigenvalue weighted by Crippen LogP contribution is 2.33. The first kappa shape index (κ1) is 9.07. The molecule has 0 unspecified atom stereocenters. The number of ether oxygens (including phenoxy) is 1. The molecule has 0 N–H and O–H groups in total. The Morgan fingerprint density at radius 1 is 1.31 bits per heavy atom. The number of hydrogen-bond donors (Lipinski definition) is 0. The molecule has 0 aliphatic carbocycles. The Kier molecular flexibility index (Phi) is 2.58. The fourth-order valence-corrected chi connectivity index (χ4v) is 2.47. The third-order valence-corrected chi connectivity index (χ3v) is 2.94. The smallest absolute Gasteiger partial charge is 0.136 e. The summed E-state index contributed by atoms with van der Waals surface area (Å²) in [5, 5.41) is 0. The van der Waals surface area contributed by atoms with Gasteiger partial charge in [0.1, 0.15) is 5.75 Å². The Labute approximate surface area is 87.2 Å². The molecule has 1 heterocycles. The second-order valence-electron chi connectivity index (χ2n) is 3.54. The van der Waals surface area contributed by atoms with Gasteiger partial charge in [0, 0.05) is 0 Å². The number of benzene rings is 1. The van der Waals surface area contributed by atoms with Crippen molar-refractivity contribution in [2.75, 3.05) is 6.61 Å². The second kappa shape index (κ2) is 3.70. The van der Waals surface area contributed by atoms with Crippen LogP contribution in [-0.4, -0.2) is 6.61 Å². The zero-order chi connectivity index (χ0) is 9.26. The van der Waals surface area contributed by atoms with Crippen molar-refractivity contribution < 1.29 is 4.74 Å². The summed E-state index contributed by atoms with van der Waals surface area (Å²) >= 11 is 3.54. The van der Waals surface area contributed by atoms with Crippen LogP contribution in [0.2, 0.25) is 0 Å². The fourth-order valence-electron chi connectivity index (χ4n) is 1.74. The Hall–Kier alpha value is -0.500. The van der Waals surface area contributed by atoms with Crippen LogP contribution in [0.1, 0.15) is 24.0 Å². The molecule has 0 saturated heterocycles. The van der Waals surface area contributed by atoms with Gasteiger partial charge in [-0.05, 0) is 59.3 Å². The van der Waals surface area contributed by atoms with E-state index in [1.54, 1.807) is 0 Å². The average Bonchev–Trinajstić information content (AvgIpc) is 2.28. The van der Waals surface area contributed by atoms with Crippen molar-refractivity contribution in [2.45, 2.75) is 26.2 Å². The van der Waals surface area contributed by atoms with Crippen molar-refractivity contribution in [3.63, 3.8) is 0 Å². The molecule has 0 fully saturated rings.